The third kappa shape index (κ3) is 66.3. The highest BCUT2D eigenvalue weighted by Gasteiger charge is 2.19. The van der Waals surface area contributed by atoms with E-state index < -0.39 is 6.10 Å². The minimum absolute atomic E-state index is 0.0715. The number of esters is 3. The van der Waals surface area contributed by atoms with Crippen LogP contribution in [0.25, 0.3) is 0 Å². The van der Waals surface area contributed by atoms with Crippen molar-refractivity contribution in [2.24, 2.45) is 0 Å². The third-order valence-corrected chi connectivity index (χ3v) is 16.1. The van der Waals surface area contributed by atoms with Gasteiger partial charge in [0.25, 0.3) is 0 Å². The van der Waals surface area contributed by atoms with Gasteiger partial charge in [-0.3, -0.25) is 14.4 Å². The van der Waals surface area contributed by atoms with Crippen LogP contribution >= 0.6 is 0 Å². The van der Waals surface area contributed by atoms with Gasteiger partial charge in [-0.2, -0.15) is 0 Å². The highest BCUT2D eigenvalue weighted by atomic mass is 16.6. The summed E-state index contributed by atoms with van der Waals surface area (Å²) in [4.78, 5) is 38.5. The zero-order valence-corrected chi connectivity index (χ0v) is 53.4. The number of hydrogen-bond acceptors (Lipinski definition) is 6. The maximum atomic E-state index is 12.9. The van der Waals surface area contributed by atoms with Gasteiger partial charge in [0, 0.05) is 19.3 Å². The molecule has 0 spiro atoms. The summed E-state index contributed by atoms with van der Waals surface area (Å²) in [7, 11) is 0. The minimum Gasteiger partial charge on any atom is -0.462 e. The van der Waals surface area contributed by atoms with Gasteiger partial charge in [0.15, 0.2) is 6.10 Å². The first kappa shape index (κ1) is 76.6. The molecule has 6 heteroatoms. The Kier molecular flexibility index (Phi) is 66.1. The van der Waals surface area contributed by atoms with Crippen molar-refractivity contribution >= 4 is 17.9 Å². The smallest absolute Gasteiger partial charge is 0.306 e. The predicted molar refractivity (Wildman–Crippen MR) is 344 cm³/mol. The van der Waals surface area contributed by atoms with E-state index in [1.165, 1.54) is 295 Å². The number of allylic oxidation sites excluding steroid dienone is 6. The Morgan fingerprint density at radius 3 is 0.633 bits per heavy atom. The van der Waals surface area contributed by atoms with Crippen molar-refractivity contribution in [2.75, 3.05) is 13.2 Å². The minimum atomic E-state index is -0.776. The Hall–Kier alpha value is -2.37. The molecule has 79 heavy (non-hydrogen) atoms. The molecule has 0 radical (unpaired) electrons. The topological polar surface area (TPSA) is 78.9 Å². The van der Waals surface area contributed by atoms with Gasteiger partial charge in [-0.1, -0.05) is 314 Å². The molecule has 0 aliphatic heterocycles. The number of carbonyl (C=O) groups is 3. The molecule has 1 atom stereocenters. The fourth-order valence-corrected chi connectivity index (χ4v) is 10.7. The summed E-state index contributed by atoms with van der Waals surface area (Å²) in [6.07, 6.45) is 84.5. The second-order valence-corrected chi connectivity index (χ2v) is 24.1. The van der Waals surface area contributed by atoms with Gasteiger partial charge < -0.3 is 14.2 Å². The lowest BCUT2D eigenvalue weighted by Gasteiger charge is -2.18. The van der Waals surface area contributed by atoms with Crippen LogP contribution in [0, 0.1) is 0 Å². The number of ether oxygens (including phenoxy) is 3. The van der Waals surface area contributed by atoms with E-state index in [-0.39, 0.29) is 31.1 Å². The number of unbranched alkanes of at least 4 members (excludes halogenated alkanes) is 49. The van der Waals surface area contributed by atoms with E-state index in [4.69, 9.17) is 14.2 Å². The molecule has 464 valence electrons. The third-order valence-electron chi connectivity index (χ3n) is 16.1. The fraction of sp³-hybridized carbons (Fsp3) is 0.877. The van der Waals surface area contributed by atoms with Crippen molar-refractivity contribution in [1.82, 2.24) is 0 Å². The summed E-state index contributed by atoms with van der Waals surface area (Å²) in [6.45, 7) is 6.70. The molecule has 0 heterocycles. The quantitative estimate of drug-likeness (QED) is 0.0261. The highest BCUT2D eigenvalue weighted by Crippen LogP contribution is 2.18. The van der Waals surface area contributed by atoms with Crippen molar-refractivity contribution in [3.8, 4) is 0 Å². The second-order valence-electron chi connectivity index (χ2n) is 24.1. The molecule has 0 fully saturated rings. The van der Waals surface area contributed by atoms with Gasteiger partial charge in [-0.05, 0) is 96.3 Å². The lowest BCUT2D eigenvalue weighted by atomic mass is 10.0. The predicted octanol–water partition coefficient (Wildman–Crippen LogP) is 24.3. The van der Waals surface area contributed by atoms with E-state index in [1.807, 2.05) is 0 Å². The lowest BCUT2D eigenvalue weighted by molar-refractivity contribution is -0.167. The molecule has 0 N–H and O–H groups in total. The summed E-state index contributed by atoms with van der Waals surface area (Å²) in [5, 5.41) is 0. The van der Waals surface area contributed by atoms with Crippen LogP contribution < -0.4 is 0 Å². The number of carbonyl (C=O) groups excluding carboxylic acids is 3. The van der Waals surface area contributed by atoms with Crippen LogP contribution in [0.15, 0.2) is 36.5 Å². The van der Waals surface area contributed by atoms with Crippen molar-refractivity contribution < 1.29 is 28.6 Å². The highest BCUT2D eigenvalue weighted by molar-refractivity contribution is 5.71. The molecule has 0 aliphatic rings. The summed E-state index contributed by atoms with van der Waals surface area (Å²) >= 11 is 0. The van der Waals surface area contributed by atoms with Gasteiger partial charge in [-0.15, -0.1) is 0 Å². The van der Waals surface area contributed by atoms with Crippen molar-refractivity contribution in [3.05, 3.63) is 36.5 Å². The van der Waals surface area contributed by atoms with Gasteiger partial charge in [0.05, 0.1) is 0 Å². The molecule has 0 amide bonds. The average molecular weight is 1110 g/mol. The van der Waals surface area contributed by atoms with Crippen LogP contribution in [0.1, 0.15) is 393 Å². The summed E-state index contributed by atoms with van der Waals surface area (Å²) in [5.74, 6) is -0.852. The second kappa shape index (κ2) is 68.1. The Morgan fingerprint density at radius 2 is 0.418 bits per heavy atom. The van der Waals surface area contributed by atoms with Crippen LogP contribution in [0.3, 0.4) is 0 Å². The van der Waals surface area contributed by atoms with Crippen molar-refractivity contribution in [2.45, 2.75) is 399 Å². The van der Waals surface area contributed by atoms with Crippen molar-refractivity contribution in [3.63, 3.8) is 0 Å². The SMILES string of the molecule is CCCCCCCCC/C=C\CCCCCCCCCC(=O)OCC(COC(=O)CCCCCCCCCCCCCCC/C=C\CCCCCCCCCC)OC(=O)CCCCCCCCC/C=C\CCCCCCCCC. The number of hydrogen-bond donors (Lipinski definition) is 0. The zero-order valence-electron chi connectivity index (χ0n) is 53.4. The van der Waals surface area contributed by atoms with E-state index in [9.17, 15) is 14.4 Å². The monoisotopic (exact) mass is 1110 g/mol. The van der Waals surface area contributed by atoms with Crippen LogP contribution in [0.2, 0.25) is 0 Å². The van der Waals surface area contributed by atoms with E-state index >= 15 is 0 Å². The fourth-order valence-electron chi connectivity index (χ4n) is 10.7. The van der Waals surface area contributed by atoms with E-state index in [2.05, 4.69) is 57.2 Å². The van der Waals surface area contributed by atoms with Crippen molar-refractivity contribution in [1.29, 1.82) is 0 Å². The normalized spacial score (nSPS) is 12.2. The Bertz CT molecular complexity index is 1320. The van der Waals surface area contributed by atoms with Crippen LogP contribution in [-0.2, 0) is 28.6 Å². The molecule has 0 aromatic carbocycles. The van der Waals surface area contributed by atoms with Gasteiger partial charge in [-0.25, -0.2) is 0 Å². The molecular formula is C73H136O6. The number of rotatable bonds is 66. The lowest BCUT2D eigenvalue weighted by Crippen LogP contribution is -2.30. The van der Waals surface area contributed by atoms with Gasteiger partial charge >= 0.3 is 17.9 Å². The van der Waals surface area contributed by atoms with Crippen LogP contribution in [0.4, 0.5) is 0 Å². The molecule has 1 unspecified atom stereocenters. The maximum absolute atomic E-state index is 12.9. The molecule has 0 bridgehead atoms. The average Bonchev–Trinajstić information content (AvgIpc) is 3.45. The van der Waals surface area contributed by atoms with E-state index in [0.717, 1.165) is 57.8 Å². The maximum Gasteiger partial charge on any atom is 0.306 e. The molecule has 6 nitrogen and oxygen atoms in total. The largest absolute Gasteiger partial charge is 0.462 e. The molecule has 0 aromatic heterocycles. The summed E-state index contributed by atoms with van der Waals surface area (Å²) in [5.41, 5.74) is 0. The first-order valence-corrected chi connectivity index (χ1v) is 35.5. The standard InChI is InChI=1S/C73H136O6/c1-4-7-10-13-16-19-22-25-28-31-34-35-36-37-38-39-40-43-45-48-51-54-57-60-63-66-72(75)78-69-70(79-73(76)67-64-61-58-55-52-49-46-42-33-30-27-24-21-18-15-12-9-6-3)68-77-71(74)65-62-59-56-53-50-47-44-41-32-29-26-23-20-17-14-11-8-5-2/h29-34,70H,4-28,35-69H2,1-3H3/b32-29-,33-30-,34-31-. The van der Waals surface area contributed by atoms with Gasteiger partial charge in [0.2, 0.25) is 0 Å². The summed E-state index contributed by atoms with van der Waals surface area (Å²) in [6, 6.07) is 0. The van der Waals surface area contributed by atoms with E-state index in [0.29, 0.717) is 19.3 Å². The zero-order chi connectivity index (χ0) is 57.1. The van der Waals surface area contributed by atoms with E-state index in [1.54, 1.807) is 0 Å². The molecule has 0 aliphatic carbocycles. The van der Waals surface area contributed by atoms with Crippen LogP contribution in [0.5, 0.6) is 0 Å². The molecule has 0 rings (SSSR count). The van der Waals surface area contributed by atoms with Crippen LogP contribution in [-0.4, -0.2) is 37.2 Å². The Morgan fingerprint density at radius 1 is 0.241 bits per heavy atom. The Balaban J connectivity index is 4.29. The molecule has 0 saturated heterocycles. The van der Waals surface area contributed by atoms with Gasteiger partial charge in [0.1, 0.15) is 13.2 Å². The first-order valence-electron chi connectivity index (χ1n) is 35.5. The first-order chi connectivity index (χ1) is 39.0. The molecule has 0 saturated carbocycles. The Labute approximate surface area is 493 Å². The molecular weight excluding hydrogens is 973 g/mol. The molecule has 0 aromatic rings. The summed E-state index contributed by atoms with van der Waals surface area (Å²) < 4.78 is 17.0.